The lowest BCUT2D eigenvalue weighted by Gasteiger charge is -2.30. The third-order valence-corrected chi connectivity index (χ3v) is 4.40. The molecule has 2 aliphatic rings. The summed E-state index contributed by atoms with van der Waals surface area (Å²) in [4.78, 5) is 6.84. The van der Waals surface area contributed by atoms with E-state index in [0.29, 0.717) is 12.3 Å². The van der Waals surface area contributed by atoms with Crippen molar-refractivity contribution in [2.45, 2.75) is 18.9 Å². The van der Waals surface area contributed by atoms with Crippen LogP contribution in [-0.4, -0.2) is 48.3 Å². The number of fused-ring (bicyclic) bond motifs is 1. The largest absolute Gasteiger partial charge is 0.493 e. The molecule has 1 unspecified atom stereocenters. The van der Waals surface area contributed by atoms with Crippen molar-refractivity contribution in [3.05, 3.63) is 41.0 Å². The maximum absolute atomic E-state index is 5.54. The molecule has 6 heteroatoms. The van der Waals surface area contributed by atoms with Crippen LogP contribution in [0, 0.1) is 0 Å². The monoisotopic (exact) mass is 300 g/mol. The zero-order valence-corrected chi connectivity index (χ0v) is 12.7. The molecule has 1 fully saturated rings. The maximum atomic E-state index is 5.54. The molecule has 1 saturated heterocycles. The van der Waals surface area contributed by atoms with Crippen molar-refractivity contribution in [2.75, 3.05) is 33.3 Å². The molecule has 0 bridgehead atoms. The average molecular weight is 300 g/mol. The van der Waals surface area contributed by atoms with Crippen LogP contribution in [-0.2, 0) is 12.8 Å². The zero-order valence-electron chi connectivity index (χ0n) is 12.7. The first kappa shape index (κ1) is 13.7. The van der Waals surface area contributed by atoms with Crippen LogP contribution in [0.25, 0.3) is 0 Å². The van der Waals surface area contributed by atoms with E-state index in [2.05, 4.69) is 39.5 Å². The molecule has 1 atom stereocenters. The van der Waals surface area contributed by atoms with Crippen LogP contribution >= 0.6 is 0 Å². The second kappa shape index (κ2) is 5.70. The van der Waals surface area contributed by atoms with Crippen LogP contribution in [0.5, 0.6) is 5.75 Å². The van der Waals surface area contributed by atoms with E-state index >= 15 is 0 Å². The van der Waals surface area contributed by atoms with Crippen molar-refractivity contribution in [3.63, 3.8) is 0 Å². The highest BCUT2D eigenvalue weighted by molar-refractivity contribution is 5.40. The van der Waals surface area contributed by atoms with Crippen molar-refractivity contribution < 1.29 is 9.26 Å². The van der Waals surface area contributed by atoms with E-state index in [9.17, 15) is 0 Å². The summed E-state index contributed by atoms with van der Waals surface area (Å²) in [5, 5.41) is 7.54. The first-order chi connectivity index (χ1) is 10.8. The Hall–Kier alpha value is -1.92. The summed E-state index contributed by atoms with van der Waals surface area (Å²) in [6.07, 6.45) is 1.65. The Labute approximate surface area is 129 Å². The number of piperazine rings is 1. The Bertz CT molecular complexity index is 670. The molecule has 6 nitrogen and oxygen atoms in total. The van der Waals surface area contributed by atoms with Crippen LogP contribution in [0.3, 0.4) is 0 Å². The second-order valence-electron chi connectivity index (χ2n) is 5.96. The van der Waals surface area contributed by atoms with Crippen molar-refractivity contribution in [3.8, 4) is 5.75 Å². The molecule has 22 heavy (non-hydrogen) atoms. The summed E-state index contributed by atoms with van der Waals surface area (Å²) < 4.78 is 11.0. The van der Waals surface area contributed by atoms with E-state index in [4.69, 9.17) is 9.26 Å². The minimum absolute atomic E-state index is 0.194. The molecular weight excluding hydrogens is 280 g/mol. The van der Waals surface area contributed by atoms with Gasteiger partial charge in [-0.2, -0.15) is 4.98 Å². The second-order valence-corrected chi connectivity index (χ2v) is 5.96. The highest BCUT2D eigenvalue weighted by Gasteiger charge is 2.25. The Kier molecular flexibility index (Phi) is 3.56. The molecule has 116 valence electrons. The number of aromatic nitrogens is 2. The smallest absolute Gasteiger partial charge is 0.231 e. The molecule has 0 aliphatic carbocycles. The van der Waals surface area contributed by atoms with Crippen LogP contribution in [0.2, 0.25) is 0 Å². The predicted octanol–water partition coefficient (Wildman–Crippen LogP) is 1.17. The van der Waals surface area contributed by atoms with Gasteiger partial charge in [0.15, 0.2) is 5.82 Å². The standard InChI is InChI=1S/C16H20N4O2/c1-20-6-5-17-10-13(20)16-18-15(22-19-16)9-11-2-3-14-12(8-11)4-7-21-14/h2-3,8,13,17H,4-7,9-10H2,1H3. The number of hydrogen-bond donors (Lipinski definition) is 1. The molecule has 1 aromatic carbocycles. The fraction of sp³-hybridized carbons (Fsp3) is 0.500. The summed E-state index contributed by atoms with van der Waals surface area (Å²) >= 11 is 0. The van der Waals surface area contributed by atoms with Gasteiger partial charge in [-0.15, -0.1) is 0 Å². The van der Waals surface area contributed by atoms with E-state index in [-0.39, 0.29) is 6.04 Å². The van der Waals surface area contributed by atoms with Gasteiger partial charge in [0.25, 0.3) is 0 Å². The van der Waals surface area contributed by atoms with Gasteiger partial charge in [0.2, 0.25) is 5.89 Å². The van der Waals surface area contributed by atoms with Gasteiger partial charge >= 0.3 is 0 Å². The lowest BCUT2D eigenvalue weighted by molar-refractivity contribution is 0.190. The first-order valence-electron chi connectivity index (χ1n) is 7.77. The summed E-state index contributed by atoms with van der Waals surface area (Å²) in [6.45, 7) is 3.66. The maximum Gasteiger partial charge on any atom is 0.231 e. The molecule has 0 radical (unpaired) electrons. The third-order valence-electron chi connectivity index (χ3n) is 4.40. The Morgan fingerprint density at radius 3 is 3.27 bits per heavy atom. The molecule has 1 aromatic heterocycles. The number of benzene rings is 1. The first-order valence-corrected chi connectivity index (χ1v) is 7.77. The third kappa shape index (κ3) is 2.60. The summed E-state index contributed by atoms with van der Waals surface area (Å²) in [5.74, 6) is 2.45. The minimum Gasteiger partial charge on any atom is -0.493 e. The van der Waals surface area contributed by atoms with Crippen molar-refractivity contribution >= 4 is 0 Å². The number of rotatable bonds is 3. The SMILES string of the molecule is CN1CCNCC1c1noc(Cc2ccc3c(c2)CCO3)n1. The number of ether oxygens (including phenoxy) is 1. The van der Waals surface area contributed by atoms with Gasteiger partial charge in [-0.3, -0.25) is 4.90 Å². The number of nitrogens with one attached hydrogen (secondary N) is 1. The Morgan fingerprint density at radius 1 is 1.41 bits per heavy atom. The van der Waals surface area contributed by atoms with E-state index in [1.165, 1.54) is 11.1 Å². The molecule has 4 rings (SSSR count). The normalized spacial score (nSPS) is 21.6. The van der Waals surface area contributed by atoms with Crippen LogP contribution in [0.15, 0.2) is 22.7 Å². The Balaban J connectivity index is 1.50. The van der Waals surface area contributed by atoms with Crippen LogP contribution in [0.1, 0.15) is 28.9 Å². The summed E-state index contributed by atoms with van der Waals surface area (Å²) in [5.41, 5.74) is 2.46. The van der Waals surface area contributed by atoms with Crippen LogP contribution in [0.4, 0.5) is 0 Å². The van der Waals surface area contributed by atoms with Gasteiger partial charge in [0.05, 0.1) is 19.1 Å². The minimum atomic E-state index is 0.194. The van der Waals surface area contributed by atoms with Crippen molar-refractivity contribution in [1.82, 2.24) is 20.4 Å². The molecule has 2 aromatic rings. The van der Waals surface area contributed by atoms with E-state index in [1.807, 2.05) is 6.07 Å². The van der Waals surface area contributed by atoms with Gasteiger partial charge in [-0.25, -0.2) is 0 Å². The molecule has 1 N–H and O–H groups in total. The number of likely N-dealkylation sites (N-methyl/N-ethyl adjacent to an activating group) is 1. The van der Waals surface area contributed by atoms with Crippen LogP contribution < -0.4 is 10.1 Å². The Morgan fingerprint density at radius 2 is 2.36 bits per heavy atom. The van der Waals surface area contributed by atoms with E-state index in [1.54, 1.807) is 0 Å². The van der Waals surface area contributed by atoms with Gasteiger partial charge in [0, 0.05) is 26.1 Å². The lowest BCUT2D eigenvalue weighted by atomic mass is 10.1. The summed E-state index contributed by atoms with van der Waals surface area (Å²) in [7, 11) is 2.10. The molecule has 0 spiro atoms. The zero-order chi connectivity index (χ0) is 14.9. The number of hydrogen-bond acceptors (Lipinski definition) is 6. The molecule has 0 saturated carbocycles. The topological polar surface area (TPSA) is 63.4 Å². The average Bonchev–Trinajstić information content (AvgIpc) is 3.16. The predicted molar refractivity (Wildman–Crippen MR) is 81.0 cm³/mol. The fourth-order valence-electron chi connectivity index (χ4n) is 3.09. The van der Waals surface area contributed by atoms with Gasteiger partial charge in [0.1, 0.15) is 5.75 Å². The molecular formula is C16H20N4O2. The molecule has 3 heterocycles. The van der Waals surface area contributed by atoms with Crippen molar-refractivity contribution in [2.24, 2.45) is 0 Å². The van der Waals surface area contributed by atoms with E-state index < -0.39 is 0 Å². The summed E-state index contributed by atoms with van der Waals surface area (Å²) in [6, 6.07) is 6.48. The quantitative estimate of drug-likeness (QED) is 0.918. The molecule has 0 amide bonds. The highest BCUT2D eigenvalue weighted by Crippen LogP contribution is 2.27. The fourth-order valence-corrected chi connectivity index (χ4v) is 3.09. The van der Waals surface area contributed by atoms with Crippen molar-refractivity contribution in [1.29, 1.82) is 0 Å². The molecule has 2 aliphatic heterocycles. The van der Waals surface area contributed by atoms with Gasteiger partial charge < -0.3 is 14.6 Å². The van der Waals surface area contributed by atoms with Gasteiger partial charge in [-0.1, -0.05) is 17.3 Å². The van der Waals surface area contributed by atoms with E-state index in [0.717, 1.165) is 44.2 Å². The number of nitrogens with zero attached hydrogens (tertiary/aromatic N) is 3. The highest BCUT2D eigenvalue weighted by atomic mass is 16.5. The van der Waals surface area contributed by atoms with Gasteiger partial charge in [-0.05, 0) is 24.2 Å². The lowest BCUT2D eigenvalue weighted by Crippen LogP contribution is -2.44.